The Morgan fingerprint density at radius 1 is 1.18 bits per heavy atom. The first-order valence-electron chi connectivity index (χ1n) is 12.7. The summed E-state index contributed by atoms with van der Waals surface area (Å²) in [6, 6.07) is 4.39. The van der Waals surface area contributed by atoms with Crippen LogP contribution >= 0.6 is 11.3 Å². The number of hydrogen-bond donors (Lipinski definition) is 1. The number of halogens is 3. The fourth-order valence-corrected chi connectivity index (χ4v) is 7.00. The largest absolute Gasteiger partial charge is 0.465 e. The summed E-state index contributed by atoms with van der Waals surface area (Å²) in [4.78, 5) is 48.8. The van der Waals surface area contributed by atoms with Crippen LogP contribution in [0.2, 0.25) is 0 Å². The first kappa shape index (κ1) is 26.6. The quantitative estimate of drug-likeness (QED) is 0.449. The average molecular weight is 575 g/mol. The smallest absolute Gasteiger partial charge is 0.417 e. The van der Waals surface area contributed by atoms with Crippen molar-refractivity contribution in [3.8, 4) is 11.1 Å². The molecule has 3 amide bonds. The average Bonchev–Trinajstić information content (AvgIpc) is 3.14. The summed E-state index contributed by atoms with van der Waals surface area (Å²) in [5, 5.41) is 9.36. The molecule has 0 radical (unpaired) electrons. The summed E-state index contributed by atoms with van der Waals surface area (Å²) >= 11 is 1.26. The van der Waals surface area contributed by atoms with E-state index in [0.29, 0.717) is 26.4 Å². The Kier molecular flexibility index (Phi) is 6.15. The standard InChI is InChI=1S/C27H25F3N4O5S/c1-26(2)20-21(26)24(36)34(23(20)35)12-15-9-19-22(40-15)16(3-4-31-19)17-7-13(27(28,29)30)10-32-18(17)8-14-11-33(25(37)38)5-6-39-14/h3-4,7,9-10,14,20-21H,5-6,8,11-12H2,1-2H3,(H,37,38)/t14-,20?,21?/m1/s1. The van der Waals surface area contributed by atoms with Crippen molar-refractivity contribution in [2.24, 2.45) is 17.3 Å². The molecule has 13 heteroatoms. The van der Waals surface area contributed by atoms with Crippen molar-refractivity contribution in [2.45, 2.75) is 39.1 Å². The summed E-state index contributed by atoms with van der Waals surface area (Å²) in [5.41, 5.74) is 0.332. The SMILES string of the molecule is CC1(C)C2C(=O)N(Cc3cc4nccc(-c5cc(C(F)(F)F)cnc5C[C@@H]5CN(C(=O)O)CCO5)c4s3)C(=O)C21. The predicted molar refractivity (Wildman–Crippen MR) is 137 cm³/mol. The summed E-state index contributed by atoms with van der Waals surface area (Å²) < 4.78 is 47.4. The third kappa shape index (κ3) is 4.40. The van der Waals surface area contributed by atoms with Gasteiger partial charge in [-0.25, -0.2) is 4.79 Å². The topological polar surface area (TPSA) is 113 Å². The lowest BCUT2D eigenvalue weighted by Gasteiger charge is -2.31. The van der Waals surface area contributed by atoms with Crippen molar-refractivity contribution in [1.82, 2.24) is 19.8 Å². The highest BCUT2D eigenvalue weighted by atomic mass is 32.1. The van der Waals surface area contributed by atoms with Gasteiger partial charge in [0, 0.05) is 41.4 Å². The lowest BCUT2D eigenvalue weighted by molar-refractivity contribution is -0.143. The minimum atomic E-state index is -4.63. The zero-order chi connectivity index (χ0) is 28.6. The van der Waals surface area contributed by atoms with Gasteiger partial charge in [-0.15, -0.1) is 11.3 Å². The zero-order valence-corrected chi connectivity index (χ0v) is 22.4. The molecule has 2 saturated heterocycles. The third-order valence-electron chi connectivity index (χ3n) is 8.09. The maximum absolute atomic E-state index is 13.7. The summed E-state index contributed by atoms with van der Waals surface area (Å²) in [5.74, 6) is -1.00. The molecule has 2 aliphatic heterocycles. The van der Waals surface area contributed by atoms with Gasteiger partial charge in [0.15, 0.2) is 0 Å². The second-order valence-corrected chi connectivity index (χ2v) is 12.1. The number of piperidine rings is 1. The monoisotopic (exact) mass is 574 g/mol. The van der Waals surface area contributed by atoms with Crippen LogP contribution in [0.5, 0.6) is 0 Å². The molecule has 5 heterocycles. The van der Waals surface area contributed by atoms with E-state index >= 15 is 0 Å². The van der Waals surface area contributed by atoms with E-state index in [4.69, 9.17) is 4.74 Å². The lowest BCUT2D eigenvalue weighted by Crippen LogP contribution is -2.45. The molecule has 3 aromatic rings. The maximum Gasteiger partial charge on any atom is 0.417 e. The van der Waals surface area contributed by atoms with Crippen molar-refractivity contribution >= 4 is 39.5 Å². The zero-order valence-electron chi connectivity index (χ0n) is 21.6. The molecule has 9 nitrogen and oxygen atoms in total. The minimum Gasteiger partial charge on any atom is -0.465 e. The molecule has 0 spiro atoms. The van der Waals surface area contributed by atoms with Gasteiger partial charge in [0.1, 0.15) is 0 Å². The fraction of sp³-hybridized carbons (Fsp3) is 0.444. The van der Waals surface area contributed by atoms with E-state index in [2.05, 4.69) is 9.97 Å². The van der Waals surface area contributed by atoms with Crippen LogP contribution in [0.3, 0.4) is 0 Å². The molecule has 40 heavy (non-hydrogen) atoms. The molecule has 3 aliphatic rings. The Labute approximate surface area is 230 Å². The van der Waals surface area contributed by atoms with Crippen LogP contribution < -0.4 is 0 Å². The number of rotatable bonds is 5. The highest BCUT2D eigenvalue weighted by molar-refractivity contribution is 7.19. The van der Waals surface area contributed by atoms with Crippen molar-refractivity contribution in [1.29, 1.82) is 0 Å². The van der Waals surface area contributed by atoms with Gasteiger partial charge in [-0.1, -0.05) is 13.8 Å². The molecule has 0 bridgehead atoms. The van der Waals surface area contributed by atoms with E-state index in [9.17, 15) is 32.7 Å². The number of pyridine rings is 2. The summed E-state index contributed by atoms with van der Waals surface area (Å²) in [7, 11) is 0. The predicted octanol–water partition coefficient (Wildman–Crippen LogP) is 4.44. The van der Waals surface area contributed by atoms with Crippen LogP contribution in [0.15, 0.2) is 30.6 Å². The Hall–Kier alpha value is -3.58. The number of carbonyl (C=O) groups is 3. The Balaban J connectivity index is 1.35. The Bertz CT molecular complexity index is 1530. The van der Waals surface area contributed by atoms with Crippen LogP contribution in [-0.2, 0) is 33.5 Å². The van der Waals surface area contributed by atoms with Crippen LogP contribution in [-0.4, -0.2) is 68.6 Å². The van der Waals surface area contributed by atoms with Gasteiger partial charge < -0.3 is 14.7 Å². The number of hydrogen-bond acceptors (Lipinski definition) is 7. The Morgan fingerprint density at radius 2 is 1.90 bits per heavy atom. The van der Waals surface area contributed by atoms with Gasteiger partial charge in [-0.3, -0.25) is 24.5 Å². The normalized spacial score (nSPS) is 24.1. The highest BCUT2D eigenvalue weighted by Crippen LogP contribution is 2.63. The van der Waals surface area contributed by atoms with Crippen molar-refractivity contribution in [3.63, 3.8) is 0 Å². The number of ether oxygens (including phenoxy) is 1. The molecule has 1 N–H and O–H groups in total. The highest BCUT2D eigenvalue weighted by Gasteiger charge is 2.72. The van der Waals surface area contributed by atoms with Crippen LogP contribution in [0.1, 0.15) is 30.0 Å². The molecule has 3 atom stereocenters. The second kappa shape index (κ2) is 9.23. The number of amides is 3. The number of carboxylic acid groups (broad SMARTS) is 1. The van der Waals surface area contributed by atoms with Gasteiger partial charge in [0.05, 0.1) is 59.1 Å². The maximum atomic E-state index is 13.7. The van der Waals surface area contributed by atoms with Gasteiger partial charge >= 0.3 is 12.3 Å². The van der Waals surface area contributed by atoms with Gasteiger partial charge in [0.25, 0.3) is 0 Å². The molecule has 2 unspecified atom stereocenters. The number of alkyl halides is 3. The van der Waals surface area contributed by atoms with Gasteiger partial charge in [-0.2, -0.15) is 13.2 Å². The number of carbonyl (C=O) groups excluding carboxylic acids is 2. The van der Waals surface area contributed by atoms with Crippen LogP contribution in [0.4, 0.5) is 18.0 Å². The summed E-state index contributed by atoms with van der Waals surface area (Å²) in [6.07, 6.45) is -3.93. The first-order chi connectivity index (χ1) is 18.9. The van der Waals surface area contributed by atoms with Crippen LogP contribution in [0.25, 0.3) is 21.3 Å². The number of morpholine rings is 1. The third-order valence-corrected chi connectivity index (χ3v) is 9.23. The summed E-state index contributed by atoms with van der Waals surface area (Å²) in [6.45, 7) is 4.35. The molecular weight excluding hydrogens is 549 g/mol. The number of aromatic nitrogens is 2. The van der Waals surface area contributed by atoms with E-state index in [-0.39, 0.29) is 67.3 Å². The van der Waals surface area contributed by atoms with E-state index in [0.717, 1.165) is 12.3 Å². The molecular formula is C27H25F3N4O5S. The van der Waals surface area contributed by atoms with E-state index in [1.165, 1.54) is 27.3 Å². The Morgan fingerprint density at radius 3 is 2.58 bits per heavy atom. The molecule has 3 aromatic heterocycles. The minimum absolute atomic E-state index is 0.0725. The number of fused-ring (bicyclic) bond motifs is 2. The second-order valence-electron chi connectivity index (χ2n) is 11.0. The van der Waals surface area contributed by atoms with Gasteiger partial charge in [-0.05, 0) is 23.6 Å². The van der Waals surface area contributed by atoms with E-state index < -0.39 is 23.9 Å². The molecule has 6 rings (SSSR count). The number of nitrogens with zero attached hydrogens (tertiary/aromatic N) is 4. The van der Waals surface area contributed by atoms with E-state index in [1.807, 2.05) is 13.8 Å². The van der Waals surface area contributed by atoms with Gasteiger partial charge in [0.2, 0.25) is 11.8 Å². The number of imide groups is 1. The van der Waals surface area contributed by atoms with Crippen molar-refractivity contribution < 1.29 is 37.4 Å². The fourth-order valence-electron chi connectivity index (χ4n) is 5.87. The first-order valence-corrected chi connectivity index (χ1v) is 13.6. The molecule has 210 valence electrons. The molecule has 1 saturated carbocycles. The number of likely N-dealkylation sites (tertiary alicyclic amines) is 1. The van der Waals surface area contributed by atoms with E-state index in [1.54, 1.807) is 12.1 Å². The lowest BCUT2D eigenvalue weighted by atomic mass is 9.98. The molecule has 3 fully saturated rings. The van der Waals surface area contributed by atoms with Crippen molar-refractivity contribution in [3.05, 3.63) is 46.7 Å². The number of thiophene rings is 1. The molecule has 0 aromatic carbocycles. The van der Waals surface area contributed by atoms with Crippen molar-refractivity contribution in [2.75, 3.05) is 19.7 Å². The molecule has 1 aliphatic carbocycles. The van der Waals surface area contributed by atoms with Crippen LogP contribution in [0, 0.1) is 17.3 Å².